The molecule has 0 unspecified atom stereocenters. The van der Waals surface area contributed by atoms with Gasteiger partial charge >= 0.3 is 0 Å². The van der Waals surface area contributed by atoms with Gasteiger partial charge in [-0.25, -0.2) is 9.97 Å². The highest BCUT2D eigenvalue weighted by atomic mass is 32.1. The van der Waals surface area contributed by atoms with Gasteiger partial charge in [0.25, 0.3) is 5.91 Å². The lowest BCUT2D eigenvalue weighted by molar-refractivity contribution is 0.0595. The maximum Gasteiger partial charge on any atom is 0.282 e. The predicted octanol–water partition coefficient (Wildman–Crippen LogP) is 4.22. The largest absolute Gasteiger partial charge is 0.491 e. The van der Waals surface area contributed by atoms with Crippen LogP contribution in [0.2, 0.25) is 0 Å². The van der Waals surface area contributed by atoms with E-state index in [1.807, 2.05) is 31.1 Å². The topological polar surface area (TPSA) is 102 Å². The Morgan fingerprint density at radius 2 is 1.83 bits per heavy atom. The molecule has 1 fully saturated rings. The van der Waals surface area contributed by atoms with Crippen molar-refractivity contribution >= 4 is 34.5 Å². The number of primary amides is 1. The van der Waals surface area contributed by atoms with Gasteiger partial charge in [0.2, 0.25) is 5.91 Å². The van der Waals surface area contributed by atoms with E-state index in [9.17, 15) is 9.59 Å². The molecule has 2 aromatic heterocycles. The van der Waals surface area contributed by atoms with Crippen molar-refractivity contribution in [2.75, 3.05) is 26.2 Å². The summed E-state index contributed by atoms with van der Waals surface area (Å²) in [5, 5.41) is 3.38. The molecule has 2 N–H and O–H groups in total. The number of hydrogen-bond donors (Lipinski definition) is 1. The maximum atomic E-state index is 13.1. The van der Waals surface area contributed by atoms with E-state index in [1.54, 1.807) is 18.2 Å². The van der Waals surface area contributed by atoms with Crippen LogP contribution in [0.4, 0.5) is 0 Å². The number of nitrogens with two attached hydrogens (primary N) is 1. The van der Waals surface area contributed by atoms with Crippen molar-refractivity contribution in [2.24, 2.45) is 5.73 Å². The molecule has 0 radical (unpaired) electrons. The Morgan fingerprint density at radius 3 is 2.47 bits per heavy atom. The molecule has 4 rings (SSSR count). The molecule has 36 heavy (non-hydrogen) atoms. The van der Waals surface area contributed by atoms with Crippen molar-refractivity contribution in [1.29, 1.82) is 0 Å². The number of aromatic nitrogens is 2. The summed E-state index contributed by atoms with van der Waals surface area (Å²) < 4.78 is 5.94. The Balaban J connectivity index is 1.51. The number of nitrogens with zero attached hydrogens (tertiary/aromatic N) is 4. The van der Waals surface area contributed by atoms with Crippen molar-refractivity contribution in [3.8, 4) is 16.3 Å². The Bertz CT molecular complexity index is 1240. The highest BCUT2D eigenvalue weighted by Gasteiger charge is 2.26. The van der Waals surface area contributed by atoms with Gasteiger partial charge in [0.05, 0.1) is 27.4 Å². The van der Waals surface area contributed by atoms with Crippen LogP contribution in [0, 0.1) is 6.92 Å². The summed E-state index contributed by atoms with van der Waals surface area (Å²) in [4.78, 5) is 39.4. The van der Waals surface area contributed by atoms with E-state index < -0.39 is 5.91 Å². The van der Waals surface area contributed by atoms with Gasteiger partial charge in [0.15, 0.2) is 5.01 Å². The van der Waals surface area contributed by atoms with Gasteiger partial charge in [-0.05, 0) is 52.8 Å². The fourth-order valence-electron chi connectivity index (χ4n) is 4.20. The number of rotatable bonds is 8. The zero-order valence-electron chi connectivity index (χ0n) is 21.4. The minimum atomic E-state index is -0.477. The van der Waals surface area contributed by atoms with E-state index in [4.69, 9.17) is 15.5 Å². The first kappa shape index (κ1) is 26.2. The molecule has 1 aromatic carbocycles. The molecule has 1 aliphatic rings. The molecule has 0 saturated carbocycles. The number of amides is 2. The van der Waals surface area contributed by atoms with Gasteiger partial charge in [-0.2, -0.15) is 0 Å². The van der Waals surface area contributed by atoms with Gasteiger partial charge in [0.1, 0.15) is 5.75 Å². The van der Waals surface area contributed by atoms with Crippen molar-refractivity contribution in [3.05, 3.63) is 50.4 Å². The lowest BCUT2D eigenvalue weighted by atomic mass is 10.1. The zero-order valence-corrected chi connectivity index (χ0v) is 23.0. The summed E-state index contributed by atoms with van der Waals surface area (Å²) in [6.45, 7) is 13.4. The molecule has 0 spiro atoms. The summed E-state index contributed by atoms with van der Waals surface area (Å²) in [5.74, 6) is 0.230. The number of piperazine rings is 1. The minimum Gasteiger partial charge on any atom is -0.491 e. The maximum absolute atomic E-state index is 13.1. The highest BCUT2D eigenvalue weighted by molar-refractivity contribution is 7.17. The van der Waals surface area contributed by atoms with Crippen molar-refractivity contribution in [2.45, 2.75) is 53.2 Å². The second kappa shape index (κ2) is 11.1. The van der Waals surface area contributed by atoms with E-state index in [0.29, 0.717) is 28.8 Å². The molecule has 0 atom stereocenters. The fraction of sp³-hybridized carbons (Fsp3) is 0.462. The quantitative estimate of drug-likeness (QED) is 0.471. The predicted molar refractivity (Wildman–Crippen MR) is 144 cm³/mol. The van der Waals surface area contributed by atoms with E-state index in [1.165, 1.54) is 22.7 Å². The molecule has 1 saturated heterocycles. The molecular weight excluding hydrogens is 494 g/mol. The molecule has 1 aliphatic heterocycles. The first-order chi connectivity index (χ1) is 17.1. The number of ether oxygens (including phenoxy) is 1. The van der Waals surface area contributed by atoms with Gasteiger partial charge in [0, 0.05) is 55.1 Å². The summed E-state index contributed by atoms with van der Waals surface area (Å²) in [6.07, 6.45) is 0.511. The molecule has 2 amide bonds. The van der Waals surface area contributed by atoms with Gasteiger partial charge in [-0.3, -0.25) is 14.5 Å². The standard InChI is InChI=1S/C26H33N5O3S2/c1-15(2)30-8-10-31(11-9-30)26(33)25-28-17(5)23(36-25)20-14-35-22(29-20)13-19-12-18(24(27)32)6-7-21(19)34-16(3)4/h6-7,12,14-16H,8-11,13H2,1-5H3,(H2,27,32). The van der Waals surface area contributed by atoms with Crippen LogP contribution in [0.3, 0.4) is 0 Å². The van der Waals surface area contributed by atoms with Crippen LogP contribution in [-0.4, -0.2) is 69.9 Å². The molecule has 0 aliphatic carbocycles. The summed E-state index contributed by atoms with van der Waals surface area (Å²) in [5.41, 5.74) is 8.41. The van der Waals surface area contributed by atoms with Crippen molar-refractivity contribution in [3.63, 3.8) is 0 Å². The molecule has 3 heterocycles. The highest BCUT2D eigenvalue weighted by Crippen LogP contribution is 2.33. The number of thiazole rings is 2. The van der Waals surface area contributed by atoms with Gasteiger partial charge in [-0.15, -0.1) is 22.7 Å². The van der Waals surface area contributed by atoms with Crippen LogP contribution in [0.15, 0.2) is 23.6 Å². The Kier molecular flexibility index (Phi) is 8.07. The number of hydrogen-bond acceptors (Lipinski definition) is 8. The Labute approximate surface area is 220 Å². The van der Waals surface area contributed by atoms with E-state index in [-0.39, 0.29) is 12.0 Å². The summed E-state index contributed by atoms with van der Waals surface area (Å²) in [6, 6.07) is 5.73. The second-order valence-corrected chi connectivity index (χ2v) is 11.5. The third-order valence-electron chi connectivity index (χ3n) is 6.15. The van der Waals surface area contributed by atoms with Gasteiger partial charge < -0.3 is 15.4 Å². The van der Waals surface area contributed by atoms with Crippen LogP contribution in [0.1, 0.15) is 64.1 Å². The molecule has 0 bridgehead atoms. The van der Waals surface area contributed by atoms with Crippen molar-refractivity contribution in [1.82, 2.24) is 19.8 Å². The normalized spacial score (nSPS) is 14.6. The number of aryl methyl sites for hydroxylation is 1. The zero-order chi connectivity index (χ0) is 26.0. The summed E-state index contributed by atoms with van der Waals surface area (Å²) >= 11 is 2.93. The van der Waals surface area contributed by atoms with Crippen molar-refractivity contribution < 1.29 is 14.3 Å². The minimum absolute atomic E-state index is 0.000755. The first-order valence-electron chi connectivity index (χ1n) is 12.2. The number of carbonyl (C=O) groups excluding carboxylic acids is 2. The SMILES string of the molecule is Cc1nc(C(=O)N2CCN(C(C)C)CC2)sc1-c1csc(Cc2cc(C(N)=O)ccc2OC(C)C)n1. The van der Waals surface area contributed by atoms with E-state index >= 15 is 0 Å². The third kappa shape index (κ3) is 5.93. The van der Waals surface area contributed by atoms with Crippen LogP contribution < -0.4 is 10.5 Å². The average molecular weight is 528 g/mol. The Hall–Kier alpha value is -2.82. The van der Waals surface area contributed by atoms with Crippen LogP contribution >= 0.6 is 22.7 Å². The van der Waals surface area contributed by atoms with Gasteiger partial charge in [-0.1, -0.05) is 0 Å². The van der Waals surface area contributed by atoms with E-state index in [2.05, 4.69) is 23.7 Å². The molecule has 8 nitrogen and oxygen atoms in total. The average Bonchev–Trinajstić information content (AvgIpc) is 3.45. The first-order valence-corrected chi connectivity index (χ1v) is 13.9. The summed E-state index contributed by atoms with van der Waals surface area (Å²) in [7, 11) is 0. The molecule has 10 heteroatoms. The van der Waals surface area contributed by atoms with Crippen LogP contribution in [0.5, 0.6) is 5.75 Å². The molecular formula is C26H33N5O3S2. The molecule has 192 valence electrons. The fourth-order valence-corrected chi connectivity index (χ4v) is 6.08. The number of carbonyl (C=O) groups is 2. The lowest BCUT2D eigenvalue weighted by Gasteiger charge is -2.36. The third-order valence-corrected chi connectivity index (χ3v) is 8.16. The van der Waals surface area contributed by atoms with Crippen LogP contribution in [0.25, 0.3) is 10.6 Å². The van der Waals surface area contributed by atoms with Crippen LogP contribution in [-0.2, 0) is 6.42 Å². The Morgan fingerprint density at radius 1 is 1.11 bits per heavy atom. The molecule has 3 aromatic rings. The monoisotopic (exact) mass is 527 g/mol. The van der Waals surface area contributed by atoms with E-state index in [0.717, 1.165) is 53.0 Å². The number of benzene rings is 1. The lowest BCUT2D eigenvalue weighted by Crippen LogP contribution is -2.50. The second-order valence-electron chi connectivity index (χ2n) is 9.51. The smallest absolute Gasteiger partial charge is 0.282 e.